The molecule has 4 heteroatoms. The zero-order chi connectivity index (χ0) is 23.8. The first-order chi connectivity index (χ1) is 15.8. The van der Waals surface area contributed by atoms with Crippen molar-refractivity contribution in [1.82, 2.24) is 5.32 Å². The number of hydrogen-bond donors (Lipinski definition) is 2. The van der Waals surface area contributed by atoms with Crippen LogP contribution in [-0.2, 0) is 11.8 Å². The van der Waals surface area contributed by atoms with Gasteiger partial charge in [0.05, 0.1) is 0 Å². The standard InChI is InChI=1S/C29H34N2OS/c1-5-21(18-22-10-7-6-8-11-22)20-30-28(33)31-26-13-9-12-24(19-26)27(32)23-14-16-25(17-15-23)29(2,3)4/h6-17,19,21H,5,18,20H2,1-4H3,(H2,30,31,33)/t21-/m0/s1. The van der Waals surface area contributed by atoms with Crippen molar-refractivity contribution in [1.29, 1.82) is 0 Å². The molecule has 0 saturated carbocycles. The summed E-state index contributed by atoms with van der Waals surface area (Å²) in [5, 5.41) is 7.14. The molecule has 3 nitrogen and oxygen atoms in total. The van der Waals surface area contributed by atoms with Gasteiger partial charge in [-0.3, -0.25) is 4.79 Å². The Bertz CT molecular complexity index is 1070. The number of ketones is 1. The normalized spacial score (nSPS) is 12.1. The zero-order valence-corrected chi connectivity index (χ0v) is 20.8. The van der Waals surface area contributed by atoms with Gasteiger partial charge < -0.3 is 10.6 Å². The minimum absolute atomic E-state index is 0.00638. The average molecular weight is 459 g/mol. The third kappa shape index (κ3) is 7.26. The van der Waals surface area contributed by atoms with E-state index in [1.54, 1.807) is 0 Å². The molecule has 0 aliphatic rings. The molecule has 2 N–H and O–H groups in total. The van der Waals surface area contributed by atoms with Crippen molar-refractivity contribution in [3.63, 3.8) is 0 Å². The first-order valence-electron chi connectivity index (χ1n) is 11.6. The van der Waals surface area contributed by atoms with Crippen molar-refractivity contribution in [2.75, 3.05) is 11.9 Å². The van der Waals surface area contributed by atoms with Crippen molar-refractivity contribution in [3.05, 3.63) is 101 Å². The van der Waals surface area contributed by atoms with Crippen LogP contribution in [0.25, 0.3) is 0 Å². The number of carbonyl (C=O) groups excluding carboxylic acids is 1. The maximum absolute atomic E-state index is 13.0. The molecule has 0 amide bonds. The fourth-order valence-corrected chi connectivity index (χ4v) is 3.95. The summed E-state index contributed by atoms with van der Waals surface area (Å²) in [7, 11) is 0. The number of benzene rings is 3. The second-order valence-corrected chi connectivity index (χ2v) is 9.94. The molecule has 0 aliphatic heterocycles. The fourth-order valence-electron chi connectivity index (χ4n) is 3.75. The van der Waals surface area contributed by atoms with Crippen LogP contribution in [0.4, 0.5) is 5.69 Å². The van der Waals surface area contributed by atoms with E-state index in [4.69, 9.17) is 12.2 Å². The summed E-state index contributed by atoms with van der Waals surface area (Å²) in [6, 6.07) is 25.9. The maximum atomic E-state index is 13.0. The predicted molar refractivity (Wildman–Crippen MR) is 143 cm³/mol. The third-order valence-corrected chi connectivity index (χ3v) is 6.14. The minimum atomic E-state index is 0.00638. The smallest absolute Gasteiger partial charge is 0.193 e. The van der Waals surface area contributed by atoms with Crippen LogP contribution >= 0.6 is 12.2 Å². The number of rotatable bonds is 8. The van der Waals surface area contributed by atoms with Gasteiger partial charge in [-0.25, -0.2) is 0 Å². The lowest BCUT2D eigenvalue weighted by atomic mass is 9.86. The zero-order valence-electron chi connectivity index (χ0n) is 20.0. The Balaban J connectivity index is 1.58. The highest BCUT2D eigenvalue weighted by molar-refractivity contribution is 7.80. The Morgan fingerprint density at radius 3 is 2.24 bits per heavy atom. The first-order valence-corrected chi connectivity index (χ1v) is 12.0. The van der Waals surface area contributed by atoms with E-state index >= 15 is 0 Å². The van der Waals surface area contributed by atoms with E-state index in [1.807, 2.05) is 54.6 Å². The molecule has 0 aromatic heterocycles. The van der Waals surface area contributed by atoms with Crippen molar-refractivity contribution < 1.29 is 4.79 Å². The second kappa shape index (κ2) is 11.2. The highest BCUT2D eigenvalue weighted by atomic mass is 32.1. The summed E-state index contributed by atoms with van der Waals surface area (Å²) in [4.78, 5) is 13.0. The minimum Gasteiger partial charge on any atom is -0.362 e. The Morgan fingerprint density at radius 1 is 0.909 bits per heavy atom. The van der Waals surface area contributed by atoms with E-state index in [0.717, 1.165) is 25.1 Å². The lowest BCUT2D eigenvalue weighted by molar-refractivity contribution is 0.103. The summed E-state index contributed by atoms with van der Waals surface area (Å²) in [6.07, 6.45) is 2.09. The van der Waals surface area contributed by atoms with E-state index in [-0.39, 0.29) is 11.2 Å². The molecular weight excluding hydrogens is 424 g/mol. The fraction of sp³-hybridized carbons (Fsp3) is 0.310. The molecule has 0 fully saturated rings. The molecular formula is C29H34N2OS. The summed E-state index contributed by atoms with van der Waals surface area (Å²) >= 11 is 5.51. The molecule has 3 rings (SSSR count). The highest BCUT2D eigenvalue weighted by Crippen LogP contribution is 2.23. The van der Waals surface area contributed by atoms with E-state index in [1.165, 1.54) is 11.1 Å². The van der Waals surface area contributed by atoms with Gasteiger partial charge in [-0.2, -0.15) is 0 Å². The SMILES string of the molecule is CC[C@H](CNC(=S)Nc1cccc(C(=O)c2ccc(C(C)(C)C)cc2)c1)Cc1ccccc1. The van der Waals surface area contributed by atoms with Gasteiger partial charge in [0, 0.05) is 23.4 Å². The molecule has 172 valence electrons. The molecule has 0 aliphatic carbocycles. The third-order valence-electron chi connectivity index (χ3n) is 5.89. The van der Waals surface area contributed by atoms with Gasteiger partial charge in [0.1, 0.15) is 0 Å². The van der Waals surface area contributed by atoms with Crippen molar-refractivity contribution in [2.24, 2.45) is 5.92 Å². The molecule has 3 aromatic carbocycles. The maximum Gasteiger partial charge on any atom is 0.193 e. The quantitative estimate of drug-likeness (QED) is 0.289. The monoisotopic (exact) mass is 458 g/mol. The van der Waals surface area contributed by atoms with Crippen molar-refractivity contribution in [2.45, 2.75) is 46.0 Å². The molecule has 0 radical (unpaired) electrons. The Hall–Kier alpha value is -2.98. The molecule has 0 saturated heterocycles. The van der Waals surface area contributed by atoms with Crippen LogP contribution in [0, 0.1) is 5.92 Å². The molecule has 0 unspecified atom stereocenters. The van der Waals surface area contributed by atoms with Crippen LogP contribution in [0.3, 0.4) is 0 Å². The van der Waals surface area contributed by atoms with Crippen LogP contribution in [0.5, 0.6) is 0 Å². The van der Waals surface area contributed by atoms with Gasteiger partial charge in [-0.15, -0.1) is 0 Å². The van der Waals surface area contributed by atoms with Crippen LogP contribution < -0.4 is 10.6 Å². The molecule has 33 heavy (non-hydrogen) atoms. The summed E-state index contributed by atoms with van der Waals surface area (Å²) < 4.78 is 0. The van der Waals surface area contributed by atoms with Gasteiger partial charge in [-0.1, -0.05) is 101 Å². The molecule has 0 spiro atoms. The van der Waals surface area contributed by atoms with Gasteiger partial charge >= 0.3 is 0 Å². The lowest BCUT2D eigenvalue weighted by Crippen LogP contribution is -2.33. The number of anilines is 1. The van der Waals surface area contributed by atoms with Gasteiger partial charge in [0.2, 0.25) is 0 Å². The largest absolute Gasteiger partial charge is 0.362 e. The molecule has 0 bridgehead atoms. The number of carbonyl (C=O) groups is 1. The van der Waals surface area contributed by atoms with E-state index < -0.39 is 0 Å². The molecule has 3 aromatic rings. The van der Waals surface area contributed by atoms with Gasteiger partial charge in [-0.05, 0) is 53.2 Å². The van der Waals surface area contributed by atoms with Crippen molar-refractivity contribution >= 4 is 28.8 Å². The van der Waals surface area contributed by atoms with Crippen LogP contribution in [-0.4, -0.2) is 17.4 Å². The summed E-state index contributed by atoms with van der Waals surface area (Å²) in [6.45, 7) is 9.51. The first kappa shape index (κ1) is 24.7. The lowest BCUT2D eigenvalue weighted by Gasteiger charge is -2.19. The van der Waals surface area contributed by atoms with Crippen LogP contribution in [0.2, 0.25) is 0 Å². The van der Waals surface area contributed by atoms with Gasteiger partial charge in [0.15, 0.2) is 10.9 Å². The second-order valence-electron chi connectivity index (χ2n) is 9.54. The van der Waals surface area contributed by atoms with Gasteiger partial charge in [0.25, 0.3) is 0 Å². The Labute approximate surface area is 203 Å². The average Bonchev–Trinajstić information content (AvgIpc) is 2.81. The topological polar surface area (TPSA) is 41.1 Å². The Kier molecular flexibility index (Phi) is 8.40. The Morgan fingerprint density at radius 2 is 1.61 bits per heavy atom. The van der Waals surface area contributed by atoms with E-state index in [9.17, 15) is 4.79 Å². The molecule has 1 atom stereocenters. The van der Waals surface area contributed by atoms with Crippen LogP contribution in [0.15, 0.2) is 78.9 Å². The number of thiocarbonyl (C=S) groups is 1. The number of hydrogen-bond acceptors (Lipinski definition) is 2. The van der Waals surface area contributed by atoms with Crippen LogP contribution in [0.1, 0.15) is 61.2 Å². The van der Waals surface area contributed by atoms with E-state index in [0.29, 0.717) is 22.2 Å². The van der Waals surface area contributed by atoms with E-state index in [2.05, 4.69) is 62.6 Å². The number of nitrogens with one attached hydrogen (secondary N) is 2. The predicted octanol–water partition coefficient (Wildman–Crippen LogP) is 6.77. The summed E-state index contributed by atoms with van der Waals surface area (Å²) in [5.41, 5.74) is 4.75. The highest BCUT2D eigenvalue weighted by Gasteiger charge is 2.15. The molecule has 0 heterocycles. The van der Waals surface area contributed by atoms with Crippen molar-refractivity contribution in [3.8, 4) is 0 Å². The summed E-state index contributed by atoms with van der Waals surface area (Å²) in [5.74, 6) is 0.503.